The van der Waals surface area contributed by atoms with Gasteiger partial charge in [-0.05, 0) is 60.8 Å². The van der Waals surface area contributed by atoms with E-state index >= 15 is 0 Å². The number of rotatable bonds is 10. The van der Waals surface area contributed by atoms with E-state index < -0.39 is 84.7 Å². The van der Waals surface area contributed by atoms with Crippen molar-refractivity contribution in [1.29, 1.82) is 0 Å². The molecular formula is C27H20FN8Na3O10S3. The molecule has 0 bridgehead atoms. The molecule has 0 fully saturated rings. The standard InChI is InChI=1S/C27H23FN8O10S3.3Na/c1-2-36(16-6-4-3-5-7-16)27-32-25(28)31-26(33-27)30-15-8-9-20(48(41,42)43)18(12-15)34-35-24-22-14(11-21(23(24)29)49(44,45)46)10-17(13-19(22)37)47(38,39)40;;;/h3-13,37H,2,29H2,1H3,(H,38,39,40)(H,41,42,43)(H,44,45,46)(H,30,31,32,33);;;/q;3*+1/p-3. The Labute approximate surface area is 362 Å². The number of phenols is 1. The summed E-state index contributed by atoms with van der Waals surface area (Å²) in [6.45, 7) is 2.09. The van der Waals surface area contributed by atoms with Crippen LogP contribution in [0.25, 0.3) is 10.8 Å². The van der Waals surface area contributed by atoms with Gasteiger partial charge in [0.25, 0.3) is 0 Å². The third-order valence-electron chi connectivity index (χ3n) is 6.69. The molecule has 1 aromatic heterocycles. The summed E-state index contributed by atoms with van der Waals surface area (Å²) in [5.74, 6) is -1.40. The number of nitrogens with zero attached hydrogens (tertiary/aromatic N) is 6. The van der Waals surface area contributed by atoms with Gasteiger partial charge in [0.05, 0.1) is 25.8 Å². The zero-order valence-electron chi connectivity index (χ0n) is 27.5. The van der Waals surface area contributed by atoms with Crippen LogP contribution < -0.4 is 105 Å². The maximum atomic E-state index is 14.5. The average molecular weight is 801 g/mol. The van der Waals surface area contributed by atoms with Crippen molar-refractivity contribution in [3.05, 3.63) is 72.8 Å². The number of fused-ring (bicyclic) bond motifs is 1. The number of azo groups is 1. The summed E-state index contributed by atoms with van der Waals surface area (Å²) in [5, 5.41) is 19.7. The van der Waals surface area contributed by atoms with Crippen molar-refractivity contribution < 1.29 is 137 Å². The van der Waals surface area contributed by atoms with Crippen LogP contribution in [-0.4, -0.2) is 65.5 Å². The van der Waals surface area contributed by atoms with E-state index in [9.17, 15) is 48.4 Å². The van der Waals surface area contributed by atoms with Gasteiger partial charge in [0, 0.05) is 17.9 Å². The number of hydrogen-bond acceptors (Lipinski definition) is 18. The number of aromatic hydroxyl groups is 1. The number of phenolic OH excluding ortho intramolecular Hbond substituents is 1. The third kappa shape index (κ3) is 10.4. The molecule has 5 rings (SSSR count). The fourth-order valence-corrected chi connectivity index (χ4v) is 6.36. The largest absolute Gasteiger partial charge is 1.00 e. The quantitative estimate of drug-likeness (QED) is 0.0514. The number of halogens is 1. The predicted octanol–water partition coefficient (Wildman–Crippen LogP) is -5.51. The molecule has 4 aromatic carbocycles. The number of nitrogen functional groups attached to an aromatic ring is 1. The molecular weight excluding hydrogens is 781 g/mol. The first kappa shape index (κ1) is 45.8. The van der Waals surface area contributed by atoms with E-state index in [1.165, 1.54) is 0 Å². The minimum atomic E-state index is -5.39. The summed E-state index contributed by atoms with van der Waals surface area (Å²) in [6.07, 6.45) is -1.18. The number of benzene rings is 4. The van der Waals surface area contributed by atoms with Crippen LogP contribution in [0.1, 0.15) is 6.92 Å². The van der Waals surface area contributed by atoms with E-state index in [-0.39, 0.29) is 106 Å². The molecule has 0 aliphatic carbocycles. The van der Waals surface area contributed by atoms with Crippen molar-refractivity contribution >= 4 is 81.5 Å². The number of para-hydroxylation sites is 1. The van der Waals surface area contributed by atoms with Gasteiger partial charge in [0.15, 0.2) is 0 Å². The van der Waals surface area contributed by atoms with Crippen LogP contribution in [-0.2, 0) is 30.4 Å². The van der Waals surface area contributed by atoms with Gasteiger partial charge in [-0.2, -0.15) is 19.3 Å². The van der Waals surface area contributed by atoms with Crippen molar-refractivity contribution in [2.45, 2.75) is 21.6 Å². The van der Waals surface area contributed by atoms with E-state index in [1.54, 1.807) is 42.2 Å². The normalized spacial score (nSPS) is 11.7. The van der Waals surface area contributed by atoms with Crippen LogP contribution in [0.2, 0.25) is 0 Å². The number of aromatic nitrogens is 3. The van der Waals surface area contributed by atoms with Gasteiger partial charge >= 0.3 is 94.8 Å². The van der Waals surface area contributed by atoms with Crippen LogP contribution in [0.4, 0.5) is 44.7 Å². The summed E-state index contributed by atoms with van der Waals surface area (Å²) in [7, 11) is -15.9. The zero-order chi connectivity index (χ0) is 35.9. The van der Waals surface area contributed by atoms with E-state index in [1.807, 2.05) is 0 Å². The zero-order valence-corrected chi connectivity index (χ0v) is 36.0. The van der Waals surface area contributed by atoms with Crippen molar-refractivity contribution in [3.63, 3.8) is 0 Å². The molecule has 0 unspecified atom stereocenters. The van der Waals surface area contributed by atoms with Crippen molar-refractivity contribution in [3.8, 4) is 5.75 Å². The topological polar surface area (TPSA) is 297 Å². The van der Waals surface area contributed by atoms with Crippen molar-refractivity contribution in [2.24, 2.45) is 10.2 Å². The monoisotopic (exact) mass is 800 g/mol. The molecule has 25 heteroatoms. The second-order valence-corrected chi connectivity index (χ2v) is 13.9. The van der Waals surface area contributed by atoms with E-state index in [0.29, 0.717) is 30.4 Å². The summed E-state index contributed by atoms with van der Waals surface area (Å²) in [6, 6.07) is 13.3. The van der Waals surface area contributed by atoms with Crippen LogP contribution in [0.15, 0.2) is 91.6 Å². The third-order valence-corrected chi connectivity index (χ3v) is 9.26. The minimum absolute atomic E-state index is 0. The number of nitrogens with one attached hydrogen (secondary N) is 1. The Bertz CT molecular complexity index is 2500. The van der Waals surface area contributed by atoms with Crippen molar-refractivity contribution in [2.75, 3.05) is 22.5 Å². The summed E-state index contributed by atoms with van der Waals surface area (Å²) in [4.78, 5) is 9.99. The molecule has 5 aromatic rings. The predicted molar refractivity (Wildman–Crippen MR) is 167 cm³/mol. The first-order valence-electron chi connectivity index (χ1n) is 13.4. The molecule has 0 aliphatic rings. The molecule has 4 N–H and O–H groups in total. The summed E-state index contributed by atoms with van der Waals surface area (Å²) >= 11 is 0. The Morgan fingerprint density at radius 2 is 1.46 bits per heavy atom. The Kier molecular flexibility index (Phi) is 15.7. The molecule has 0 radical (unpaired) electrons. The maximum absolute atomic E-state index is 14.5. The molecule has 0 amide bonds. The maximum Gasteiger partial charge on any atom is 1.00 e. The van der Waals surface area contributed by atoms with Gasteiger partial charge in [0.1, 0.15) is 47.5 Å². The van der Waals surface area contributed by atoms with Gasteiger partial charge < -0.3 is 34.7 Å². The second kappa shape index (κ2) is 17.8. The van der Waals surface area contributed by atoms with Crippen LogP contribution >= 0.6 is 0 Å². The SMILES string of the molecule is CCN(c1ccccc1)c1nc(F)nc(Nc2ccc(S(=O)(=O)[O-])c(N=Nc3c(N)c(S(=O)(=O)[O-])cc4cc(S(=O)(=O)[O-])cc(O)c34)c2)n1.[Na+].[Na+].[Na+]. The van der Waals surface area contributed by atoms with E-state index in [4.69, 9.17) is 5.73 Å². The molecule has 256 valence electrons. The molecule has 18 nitrogen and oxygen atoms in total. The molecule has 0 saturated heterocycles. The van der Waals surface area contributed by atoms with E-state index in [0.717, 1.165) is 18.2 Å². The second-order valence-electron chi connectivity index (χ2n) is 9.86. The minimum Gasteiger partial charge on any atom is -0.744 e. The molecule has 0 spiro atoms. The Hall–Kier alpha value is -2.39. The fourth-order valence-electron chi connectivity index (χ4n) is 4.60. The van der Waals surface area contributed by atoms with E-state index in [2.05, 4.69) is 30.5 Å². The van der Waals surface area contributed by atoms with Gasteiger partial charge in [-0.1, -0.05) is 18.2 Å². The summed E-state index contributed by atoms with van der Waals surface area (Å²) in [5.41, 5.74) is 4.08. The average Bonchev–Trinajstić information content (AvgIpc) is 2.99. The number of nitrogens with two attached hydrogens (primary N) is 1. The molecule has 52 heavy (non-hydrogen) atoms. The van der Waals surface area contributed by atoms with Gasteiger partial charge in [-0.25, -0.2) is 25.3 Å². The molecule has 0 atom stereocenters. The summed E-state index contributed by atoms with van der Waals surface area (Å²) < 4.78 is 121. The Morgan fingerprint density at radius 1 is 0.827 bits per heavy atom. The Morgan fingerprint density at radius 3 is 2.04 bits per heavy atom. The van der Waals surface area contributed by atoms with Crippen LogP contribution in [0.5, 0.6) is 5.75 Å². The molecule has 0 saturated carbocycles. The Balaban J connectivity index is 0.00000312. The number of hydrogen-bond donors (Lipinski definition) is 3. The van der Waals surface area contributed by atoms with Gasteiger partial charge in [0.2, 0.25) is 11.9 Å². The first-order chi connectivity index (χ1) is 22.9. The molecule has 0 aliphatic heterocycles. The van der Waals surface area contributed by atoms with Gasteiger partial charge in [-0.15, -0.1) is 10.2 Å². The van der Waals surface area contributed by atoms with Gasteiger partial charge in [-0.3, -0.25) is 0 Å². The van der Waals surface area contributed by atoms with Crippen LogP contribution in [0, 0.1) is 6.08 Å². The first-order valence-corrected chi connectivity index (χ1v) is 17.6. The fraction of sp³-hybridized carbons (Fsp3) is 0.0741. The van der Waals surface area contributed by atoms with Crippen molar-refractivity contribution in [1.82, 2.24) is 15.0 Å². The van der Waals surface area contributed by atoms with Crippen LogP contribution in [0.3, 0.4) is 0 Å². The molecule has 1 heterocycles. The smallest absolute Gasteiger partial charge is 0.744 e. The number of anilines is 5.